The first-order valence-corrected chi connectivity index (χ1v) is 26.2. The Kier molecular flexibility index (Phi) is 18.3. The minimum Gasteiger partial charge on any atom is -0.489 e. The predicted molar refractivity (Wildman–Crippen MR) is 305 cm³/mol. The Labute approximate surface area is 472 Å². The Hall–Kier alpha value is -8.75. The van der Waals surface area contributed by atoms with Crippen molar-refractivity contribution in [3.8, 4) is 57.0 Å². The minimum atomic E-state index is -0.480. The Morgan fingerprint density at radius 3 is 1.47 bits per heavy atom. The summed E-state index contributed by atoms with van der Waals surface area (Å²) in [4.78, 5) is 26.7. The summed E-state index contributed by atoms with van der Waals surface area (Å²) in [5.74, 6) is 4.44. The summed E-state index contributed by atoms with van der Waals surface area (Å²) >= 11 is 0. The van der Waals surface area contributed by atoms with Gasteiger partial charge in [-0.1, -0.05) is 39.8 Å². The number of aromatic nitrogens is 8. The molecule has 5 N–H and O–H groups in total. The normalized spacial score (nSPS) is 13.2. The number of benzene rings is 4. The van der Waals surface area contributed by atoms with E-state index < -0.39 is 11.6 Å². The lowest BCUT2D eigenvalue weighted by atomic mass is 10.1. The number of pyridine rings is 2. The molecule has 20 heteroatoms. The number of rotatable bonds is 18. The van der Waals surface area contributed by atoms with Crippen molar-refractivity contribution < 1.29 is 42.3 Å². The smallest absolute Gasteiger partial charge is 0.158 e. The number of anilines is 2. The van der Waals surface area contributed by atoms with Crippen LogP contribution >= 0.6 is 12.4 Å². The number of halogens is 3. The Morgan fingerprint density at radius 1 is 0.580 bits per heavy atom. The van der Waals surface area contributed by atoms with Gasteiger partial charge in [-0.15, -0.1) is 12.4 Å². The van der Waals surface area contributed by atoms with Crippen molar-refractivity contribution in [2.45, 2.75) is 91.5 Å². The number of nitrogens with zero attached hydrogens (tertiary/aromatic N) is 8. The van der Waals surface area contributed by atoms with E-state index in [0.29, 0.717) is 58.4 Å². The SMILES string of the molecule is CC(C)c1nc(-c2ccc(Oc3cc(F)cc(OCc4ccc(CO)nc4)c3)cc2)c2c(N)nccn12.CC(C)c1nc(-c2ccc(Oc3cc(F)cc(OCc4ccc(COC5CCCCO5)nc4)c3)cc2)c2c(N)nccn12.Cl. The van der Waals surface area contributed by atoms with Gasteiger partial charge in [-0.25, -0.2) is 28.7 Å². The van der Waals surface area contributed by atoms with Gasteiger partial charge >= 0.3 is 0 Å². The fourth-order valence-corrected chi connectivity index (χ4v) is 9.00. The Morgan fingerprint density at radius 2 is 1.05 bits per heavy atom. The van der Waals surface area contributed by atoms with E-state index in [4.69, 9.17) is 55.0 Å². The highest BCUT2D eigenvalue weighted by Gasteiger charge is 2.21. The van der Waals surface area contributed by atoms with Crippen LogP contribution in [0, 0.1) is 11.6 Å². The lowest BCUT2D eigenvalue weighted by molar-refractivity contribution is -0.169. The Bertz CT molecular complexity index is 3710. The molecule has 6 aromatic heterocycles. The first kappa shape index (κ1) is 57.0. The molecule has 0 bridgehead atoms. The van der Waals surface area contributed by atoms with Crippen LogP contribution in [0.25, 0.3) is 33.5 Å². The monoisotopic (exact) mass is 1120 g/mol. The zero-order chi connectivity index (χ0) is 55.7. The van der Waals surface area contributed by atoms with Crippen molar-refractivity contribution in [1.82, 2.24) is 38.7 Å². The van der Waals surface area contributed by atoms with Gasteiger partial charge in [0.15, 0.2) is 6.29 Å². The third-order valence-electron chi connectivity index (χ3n) is 13.0. The summed E-state index contributed by atoms with van der Waals surface area (Å²) in [5, 5.41) is 9.10. The molecule has 1 unspecified atom stereocenters. The third-order valence-corrected chi connectivity index (χ3v) is 13.0. The van der Waals surface area contributed by atoms with Crippen LogP contribution < -0.4 is 30.4 Å². The molecule has 1 saturated heterocycles. The van der Waals surface area contributed by atoms with Crippen LogP contribution in [0.2, 0.25) is 0 Å². The van der Waals surface area contributed by atoms with Gasteiger partial charge in [0.1, 0.15) is 105 Å². The van der Waals surface area contributed by atoms with Crippen molar-refractivity contribution in [3.05, 3.63) is 192 Å². The summed E-state index contributed by atoms with van der Waals surface area (Å²) in [7, 11) is 0. The highest BCUT2D eigenvalue weighted by molar-refractivity contribution is 5.86. The molecular formula is C61H61ClF2N10O7. The van der Waals surface area contributed by atoms with Crippen molar-refractivity contribution in [1.29, 1.82) is 0 Å². The molecule has 1 aliphatic rings. The van der Waals surface area contributed by atoms with Crippen LogP contribution in [0.1, 0.15) is 93.0 Å². The van der Waals surface area contributed by atoms with Gasteiger partial charge < -0.3 is 45.0 Å². The minimum absolute atomic E-state index is 0. The van der Waals surface area contributed by atoms with Crippen LogP contribution in [0.5, 0.6) is 34.5 Å². The summed E-state index contributed by atoms with van der Waals surface area (Å²) in [6.45, 7) is 9.75. The average Bonchev–Trinajstić information content (AvgIpc) is 4.14. The maximum atomic E-state index is 14.5. The van der Waals surface area contributed by atoms with Gasteiger partial charge in [0.2, 0.25) is 0 Å². The first-order chi connectivity index (χ1) is 38.8. The van der Waals surface area contributed by atoms with Gasteiger partial charge in [0.25, 0.3) is 0 Å². The van der Waals surface area contributed by atoms with E-state index in [-0.39, 0.29) is 50.4 Å². The number of nitrogens with two attached hydrogens (primary N) is 2. The van der Waals surface area contributed by atoms with Crippen molar-refractivity contribution >= 4 is 35.1 Å². The molecule has 81 heavy (non-hydrogen) atoms. The number of aliphatic hydroxyl groups excluding tert-OH is 1. The van der Waals surface area contributed by atoms with Crippen LogP contribution in [-0.2, 0) is 35.9 Å². The van der Waals surface area contributed by atoms with Gasteiger partial charge in [-0.05, 0) is 79.9 Å². The van der Waals surface area contributed by atoms with E-state index in [1.165, 1.54) is 24.3 Å². The second-order valence-corrected chi connectivity index (χ2v) is 19.7. The van der Waals surface area contributed by atoms with Crippen LogP contribution in [-0.4, -0.2) is 56.7 Å². The second-order valence-electron chi connectivity index (χ2n) is 19.7. The molecule has 1 fully saturated rings. The molecule has 7 heterocycles. The first-order valence-electron chi connectivity index (χ1n) is 26.2. The number of ether oxygens (including phenoxy) is 6. The fraction of sp³-hybridized carbons (Fsp3) is 0.246. The molecule has 1 aliphatic heterocycles. The van der Waals surface area contributed by atoms with Crippen molar-refractivity contribution in [2.75, 3.05) is 18.1 Å². The summed E-state index contributed by atoms with van der Waals surface area (Å²) < 4.78 is 67.5. The number of hydrogen-bond acceptors (Lipinski definition) is 15. The van der Waals surface area contributed by atoms with E-state index in [2.05, 4.69) is 47.6 Å². The summed E-state index contributed by atoms with van der Waals surface area (Å²) in [6, 6.07) is 30.6. The highest BCUT2D eigenvalue weighted by Crippen LogP contribution is 2.36. The molecule has 418 valence electrons. The number of fused-ring (bicyclic) bond motifs is 2. The molecule has 0 amide bonds. The topological polar surface area (TPSA) is 214 Å². The second kappa shape index (κ2) is 26.0. The molecule has 0 spiro atoms. The lowest BCUT2D eigenvalue weighted by Gasteiger charge is -2.22. The van der Waals surface area contributed by atoms with Crippen LogP contribution in [0.3, 0.4) is 0 Å². The van der Waals surface area contributed by atoms with Gasteiger partial charge in [-0.2, -0.15) is 0 Å². The van der Waals surface area contributed by atoms with Gasteiger partial charge in [0.05, 0.1) is 24.6 Å². The average molecular weight is 1120 g/mol. The quantitative estimate of drug-likeness (QED) is 0.0729. The molecule has 4 aromatic carbocycles. The van der Waals surface area contributed by atoms with Gasteiger partial charge in [-0.3, -0.25) is 18.8 Å². The molecule has 0 radical (unpaired) electrons. The highest BCUT2D eigenvalue weighted by atomic mass is 35.5. The maximum Gasteiger partial charge on any atom is 0.158 e. The number of hydrogen-bond donors (Lipinski definition) is 3. The lowest BCUT2D eigenvalue weighted by Crippen LogP contribution is -2.22. The molecule has 17 nitrogen and oxygen atoms in total. The number of nitrogen functional groups attached to an aromatic ring is 2. The third kappa shape index (κ3) is 14.0. The fourth-order valence-electron chi connectivity index (χ4n) is 9.00. The predicted octanol–water partition coefficient (Wildman–Crippen LogP) is 13.0. The molecular weight excluding hydrogens is 1060 g/mol. The van der Waals surface area contributed by atoms with E-state index >= 15 is 0 Å². The molecule has 0 saturated carbocycles. The zero-order valence-corrected chi connectivity index (χ0v) is 45.9. The van der Waals surface area contributed by atoms with E-state index in [1.54, 1.807) is 61.2 Å². The molecule has 11 rings (SSSR count). The number of aliphatic hydroxyl groups is 1. The Balaban J connectivity index is 0.000000195. The zero-order valence-electron chi connectivity index (χ0n) is 45.0. The summed E-state index contributed by atoms with van der Waals surface area (Å²) in [5.41, 5.74) is 20.2. The largest absolute Gasteiger partial charge is 0.489 e. The summed E-state index contributed by atoms with van der Waals surface area (Å²) in [6.07, 6.45) is 13.4. The maximum absolute atomic E-state index is 14.5. The van der Waals surface area contributed by atoms with Crippen LogP contribution in [0.4, 0.5) is 20.4 Å². The van der Waals surface area contributed by atoms with Gasteiger partial charge in [0, 0.05) is 114 Å². The van der Waals surface area contributed by atoms with E-state index in [1.807, 2.05) is 69.7 Å². The van der Waals surface area contributed by atoms with E-state index in [9.17, 15) is 8.78 Å². The van der Waals surface area contributed by atoms with Crippen molar-refractivity contribution in [3.63, 3.8) is 0 Å². The van der Waals surface area contributed by atoms with Crippen LogP contribution in [0.15, 0.2) is 146 Å². The molecule has 0 aliphatic carbocycles. The van der Waals surface area contributed by atoms with Crippen molar-refractivity contribution in [2.24, 2.45) is 0 Å². The molecule has 1 atom stereocenters. The van der Waals surface area contributed by atoms with E-state index in [0.717, 1.165) is 87.9 Å². The number of imidazole rings is 2. The standard InChI is InChI=1S/C33H34FN5O4.C28H26FN5O3.ClH/c1-21(2)33-38-30(31-32(35)36-12-13-39(31)33)23-7-10-26(11-8-23)43-28-16-24(34)15-27(17-28)41-19-22-6-9-25(37-18-22)20-42-29-5-3-4-14-40-29;1-17(2)28-33-25(26-27(30)31-9-10-34(26)28)19-4-7-22(8-5-19)37-24-12-20(29)11-23(13-24)36-16-18-3-6-21(15-35)32-14-18;/h6-13,15-18,21,29H,3-5,14,19-20H2,1-2H3,(H2,35,36);3-14,17,35H,15-16H2,1-2H3,(H2,30,31);1H. The molecule has 10 aromatic rings.